The number of hydrogen-bond acceptors (Lipinski definition) is 6. The molecule has 0 saturated heterocycles. The van der Waals surface area contributed by atoms with Gasteiger partial charge in [0, 0.05) is 24.7 Å². The van der Waals surface area contributed by atoms with E-state index in [1.165, 1.54) is 20.0 Å². The van der Waals surface area contributed by atoms with Gasteiger partial charge < -0.3 is 23.7 Å². The Hall–Kier alpha value is -3.39. The monoisotopic (exact) mass is 474 g/mol. The van der Waals surface area contributed by atoms with Gasteiger partial charge >= 0.3 is 5.97 Å². The molecule has 0 atom stereocenters. The largest absolute Gasteiger partial charge is 0.494 e. The van der Waals surface area contributed by atoms with E-state index in [0.29, 0.717) is 35.2 Å². The molecule has 0 radical (unpaired) electrons. The quantitative estimate of drug-likeness (QED) is 0.399. The van der Waals surface area contributed by atoms with Gasteiger partial charge in [0.15, 0.2) is 5.82 Å². The third-order valence-corrected chi connectivity index (χ3v) is 7.37. The highest BCUT2D eigenvalue weighted by molar-refractivity contribution is 5.97. The van der Waals surface area contributed by atoms with Crippen molar-refractivity contribution in [3.05, 3.63) is 42.1 Å². The third-order valence-electron chi connectivity index (χ3n) is 7.37. The lowest BCUT2D eigenvalue weighted by Crippen LogP contribution is -2.42. The highest BCUT2D eigenvalue weighted by atomic mass is 16.5. The second-order valence-corrected chi connectivity index (χ2v) is 10.4. The summed E-state index contributed by atoms with van der Waals surface area (Å²) in [6.07, 6.45) is 5.77. The maximum absolute atomic E-state index is 12.3. The SMILES string of the molecule is COC(=O)c1cc(OC)c2c(c1)nc(-c1cc3cccnc3n1CC1CC1)n2CC1CC(C)(O)C1. The van der Waals surface area contributed by atoms with Crippen molar-refractivity contribution in [2.24, 2.45) is 11.8 Å². The summed E-state index contributed by atoms with van der Waals surface area (Å²) in [5, 5.41) is 11.4. The number of carbonyl (C=O) groups excluding carboxylic acids is 1. The van der Waals surface area contributed by atoms with E-state index in [9.17, 15) is 9.90 Å². The van der Waals surface area contributed by atoms with Crippen LogP contribution in [0.5, 0.6) is 5.75 Å². The number of hydrogen-bond donors (Lipinski definition) is 1. The molecule has 2 aliphatic rings. The summed E-state index contributed by atoms with van der Waals surface area (Å²) >= 11 is 0. The molecule has 0 unspecified atom stereocenters. The number of aromatic nitrogens is 4. The normalized spacial score (nSPS) is 21.9. The summed E-state index contributed by atoms with van der Waals surface area (Å²) in [7, 11) is 2.98. The van der Waals surface area contributed by atoms with E-state index in [1.54, 1.807) is 19.2 Å². The van der Waals surface area contributed by atoms with Crippen LogP contribution in [0.4, 0.5) is 0 Å². The fourth-order valence-corrected chi connectivity index (χ4v) is 5.58. The standard InChI is InChI=1S/C27H30N4O4/c1-27(33)12-17(13-27)15-31-23-20(9-19(26(32)35-3)11-22(23)34-2)29-25(31)21-10-18-5-4-8-28-24(18)30(21)14-16-6-7-16/h4-5,8-11,16-17,33H,6-7,12-15H2,1-3H3. The van der Waals surface area contributed by atoms with Gasteiger partial charge in [0.25, 0.3) is 0 Å². The number of imidazole rings is 1. The van der Waals surface area contributed by atoms with E-state index in [2.05, 4.69) is 26.3 Å². The van der Waals surface area contributed by atoms with Crippen LogP contribution in [0.3, 0.4) is 0 Å². The molecule has 182 valence electrons. The first-order valence-electron chi connectivity index (χ1n) is 12.2. The predicted octanol–water partition coefficient (Wildman–Crippen LogP) is 4.42. The predicted molar refractivity (Wildman–Crippen MR) is 132 cm³/mol. The number of carbonyl (C=O) groups is 1. The summed E-state index contributed by atoms with van der Waals surface area (Å²) in [5.74, 6) is 1.96. The number of methoxy groups -OCH3 is 2. The molecule has 2 fully saturated rings. The van der Waals surface area contributed by atoms with Gasteiger partial charge in [0.2, 0.25) is 0 Å². The van der Waals surface area contributed by atoms with Gasteiger partial charge in [-0.3, -0.25) is 0 Å². The average molecular weight is 475 g/mol. The van der Waals surface area contributed by atoms with Crippen molar-refractivity contribution in [2.75, 3.05) is 14.2 Å². The van der Waals surface area contributed by atoms with E-state index < -0.39 is 11.6 Å². The number of aliphatic hydroxyl groups is 1. The lowest BCUT2D eigenvalue weighted by molar-refractivity contribution is -0.0613. The second-order valence-electron chi connectivity index (χ2n) is 10.4. The first-order valence-corrected chi connectivity index (χ1v) is 12.2. The Kier molecular flexibility index (Phi) is 5.11. The second kappa shape index (κ2) is 8.09. The number of benzene rings is 1. The molecular weight excluding hydrogens is 444 g/mol. The molecule has 0 spiro atoms. The van der Waals surface area contributed by atoms with Crippen LogP contribution in [0.25, 0.3) is 33.6 Å². The summed E-state index contributed by atoms with van der Waals surface area (Å²) in [5.41, 5.74) is 3.28. The van der Waals surface area contributed by atoms with Crippen molar-refractivity contribution in [1.29, 1.82) is 0 Å². The van der Waals surface area contributed by atoms with Crippen LogP contribution in [0.15, 0.2) is 36.5 Å². The Morgan fingerprint density at radius 3 is 2.60 bits per heavy atom. The zero-order chi connectivity index (χ0) is 24.3. The highest BCUT2D eigenvalue weighted by Gasteiger charge is 2.39. The van der Waals surface area contributed by atoms with Gasteiger partial charge in [0.05, 0.1) is 36.6 Å². The summed E-state index contributed by atoms with van der Waals surface area (Å²) < 4.78 is 15.2. The molecule has 0 bridgehead atoms. The molecular formula is C27H30N4O4. The molecule has 35 heavy (non-hydrogen) atoms. The lowest BCUT2D eigenvalue weighted by Gasteiger charge is -2.41. The maximum Gasteiger partial charge on any atom is 0.338 e. The molecule has 6 rings (SSSR count). The van der Waals surface area contributed by atoms with Crippen LogP contribution in [0.2, 0.25) is 0 Å². The van der Waals surface area contributed by atoms with Gasteiger partial charge in [0.1, 0.15) is 16.9 Å². The fourth-order valence-electron chi connectivity index (χ4n) is 5.58. The van der Waals surface area contributed by atoms with E-state index in [0.717, 1.165) is 47.5 Å². The first kappa shape index (κ1) is 22.1. The summed E-state index contributed by atoms with van der Waals surface area (Å²) in [6, 6.07) is 9.69. The first-order chi connectivity index (χ1) is 16.9. The van der Waals surface area contributed by atoms with Crippen LogP contribution in [-0.4, -0.2) is 50.0 Å². The molecule has 3 heterocycles. The van der Waals surface area contributed by atoms with Crippen molar-refractivity contribution in [3.63, 3.8) is 0 Å². The van der Waals surface area contributed by atoms with Crippen LogP contribution in [0, 0.1) is 11.8 Å². The highest BCUT2D eigenvalue weighted by Crippen LogP contribution is 2.42. The molecule has 3 aromatic heterocycles. The van der Waals surface area contributed by atoms with E-state index in [1.807, 2.05) is 19.2 Å². The fraction of sp³-hybridized carbons (Fsp3) is 0.444. The zero-order valence-electron chi connectivity index (χ0n) is 20.3. The van der Waals surface area contributed by atoms with Crippen molar-refractivity contribution in [1.82, 2.24) is 19.1 Å². The maximum atomic E-state index is 12.3. The van der Waals surface area contributed by atoms with E-state index in [4.69, 9.17) is 14.5 Å². The lowest BCUT2D eigenvalue weighted by atomic mass is 9.72. The number of fused-ring (bicyclic) bond motifs is 2. The molecule has 1 N–H and O–H groups in total. The van der Waals surface area contributed by atoms with Crippen LogP contribution < -0.4 is 4.74 Å². The van der Waals surface area contributed by atoms with Crippen molar-refractivity contribution in [3.8, 4) is 17.3 Å². The Bertz CT molecular complexity index is 1440. The summed E-state index contributed by atoms with van der Waals surface area (Å²) in [6.45, 7) is 3.49. The van der Waals surface area contributed by atoms with E-state index >= 15 is 0 Å². The third kappa shape index (κ3) is 3.86. The molecule has 1 aromatic carbocycles. The molecule has 0 aliphatic heterocycles. The number of esters is 1. The molecule has 4 aromatic rings. The Balaban J connectivity index is 1.57. The number of nitrogens with zero attached hydrogens (tertiary/aromatic N) is 4. The molecule has 2 saturated carbocycles. The number of rotatable bonds is 7. The smallest absolute Gasteiger partial charge is 0.338 e. The van der Waals surface area contributed by atoms with Gasteiger partial charge in [-0.15, -0.1) is 0 Å². The van der Waals surface area contributed by atoms with Gasteiger partial charge in [-0.05, 0) is 74.8 Å². The van der Waals surface area contributed by atoms with Crippen molar-refractivity contribution >= 4 is 28.0 Å². The molecule has 2 aliphatic carbocycles. The van der Waals surface area contributed by atoms with Crippen molar-refractivity contribution < 1.29 is 19.4 Å². The minimum absolute atomic E-state index is 0.325. The van der Waals surface area contributed by atoms with Crippen molar-refractivity contribution in [2.45, 2.75) is 51.3 Å². The Labute approximate surface area is 203 Å². The number of pyridine rings is 1. The van der Waals surface area contributed by atoms with Gasteiger partial charge in [-0.2, -0.15) is 0 Å². The minimum atomic E-state index is -0.617. The van der Waals surface area contributed by atoms with Crippen LogP contribution in [0.1, 0.15) is 43.0 Å². The minimum Gasteiger partial charge on any atom is -0.494 e. The molecule has 0 amide bonds. The van der Waals surface area contributed by atoms with Crippen LogP contribution in [-0.2, 0) is 17.8 Å². The summed E-state index contributed by atoms with van der Waals surface area (Å²) in [4.78, 5) is 22.1. The Morgan fingerprint density at radius 1 is 1.14 bits per heavy atom. The average Bonchev–Trinajstić information content (AvgIpc) is 3.48. The van der Waals surface area contributed by atoms with Crippen LogP contribution >= 0.6 is 0 Å². The number of ether oxygens (including phenoxy) is 2. The zero-order valence-corrected chi connectivity index (χ0v) is 20.3. The van der Waals surface area contributed by atoms with Gasteiger partial charge in [-0.1, -0.05) is 0 Å². The topological polar surface area (TPSA) is 91.4 Å². The Morgan fingerprint density at radius 2 is 1.91 bits per heavy atom. The van der Waals surface area contributed by atoms with E-state index in [-0.39, 0.29) is 0 Å². The van der Waals surface area contributed by atoms with Gasteiger partial charge in [-0.25, -0.2) is 14.8 Å². The molecule has 8 heteroatoms. The molecule has 8 nitrogen and oxygen atoms in total.